The standard InChI is InChI=1S/C22H24N6O/c1-15(2)28-14-23-25-21(28)19-6-5-7-20(24-19)27-13-16-8-9-17(12-18(16)22(27)29)26-10-3-4-11-26/h5-9,12,14-15H,3-4,10-11,13H2,1-2H3. The smallest absolute Gasteiger partial charge is 0.260 e. The first-order valence-electron chi connectivity index (χ1n) is 10.2. The Morgan fingerprint density at radius 1 is 1.07 bits per heavy atom. The first kappa shape index (κ1) is 17.8. The summed E-state index contributed by atoms with van der Waals surface area (Å²) < 4.78 is 1.98. The van der Waals surface area contributed by atoms with Gasteiger partial charge in [0.25, 0.3) is 5.91 Å². The molecule has 1 saturated heterocycles. The highest BCUT2D eigenvalue weighted by Crippen LogP contribution is 2.32. The third-order valence-corrected chi connectivity index (χ3v) is 5.74. The number of anilines is 2. The Morgan fingerprint density at radius 2 is 1.90 bits per heavy atom. The van der Waals surface area contributed by atoms with Crippen molar-refractivity contribution in [3.63, 3.8) is 0 Å². The molecule has 7 heteroatoms. The summed E-state index contributed by atoms with van der Waals surface area (Å²) in [6.07, 6.45) is 4.15. The first-order valence-corrected chi connectivity index (χ1v) is 10.2. The lowest BCUT2D eigenvalue weighted by Crippen LogP contribution is -2.24. The van der Waals surface area contributed by atoms with Crippen LogP contribution in [0.2, 0.25) is 0 Å². The SMILES string of the molecule is CC(C)n1cnnc1-c1cccc(N2Cc3ccc(N4CCCC4)cc3C2=O)n1. The number of fused-ring (bicyclic) bond motifs is 1. The van der Waals surface area contributed by atoms with Crippen LogP contribution in [0, 0.1) is 0 Å². The van der Waals surface area contributed by atoms with Crippen LogP contribution in [0.4, 0.5) is 11.5 Å². The van der Waals surface area contributed by atoms with Crippen molar-refractivity contribution in [1.82, 2.24) is 19.7 Å². The quantitative estimate of drug-likeness (QED) is 0.682. The van der Waals surface area contributed by atoms with Crippen LogP contribution in [0.5, 0.6) is 0 Å². The molecule has 1 amide bonds. The minimum atomic E-state index is 0.0102. The fraction of sp³-hybridized carbons (Fsp3) is 0.364. The molecular formula is C22H24N6O. The fourth-order valence-electron chi connectivity index (χ4n) is 4.15. The predicted octanol–water partition coefficient (Wildman–Crippen LogP) is 3.68. The largest absolute Gasteiger partial charge is 0.372 e. The molecular weight excluding hydrogens is 364 g/mol. The number of hydrogen-bond acceptors (Lipinski definition) is 5. The lowest BCUT2D eigenvalue weighted by molar-refractivity contribution is 0.0996. The van der Waals surface area contributed by atoms with E-state index in [1.165, 1.54) is 12.8 Å². The molecule has 0 bridgehead atoms. The number of amides is 1. The monoisotopic (exact) mass is 388 g/mol. The molecule has 0 unspecified atom stereocenters. The normalized spacial score (nSPS) is 16.2. The highest BCUT2D eigenvalue weighted by atomic mass is 16.2. The van der Waals surface area contributed by atoms with Gasteiger partial charge in [0.1, 0.15) is 17.8 Å². The van der Waals surface area contributed by atoms with Gasteiger partial charge < -0.3 is 9.47 Å². The molecule has 2 aromatic heterocycles. The average Bonchev–Trinajstić information content (AvgIpc) is 3.48. The molecule has 1 fully saturated rings. The zero-order valence-corrected chi connectivity index (χ0v) is 16.7. The highest BCUT2D eigenvalue weighted by molar-refractivity contribution is 6.10. The van der Waals surface area contributed by atoms with E-state index in [0.717, 1.165) is 35.6 Å². The van der Waals surface area contributed by atoms with E-state index in [1.54, 1.807) is 11.2 Å². The second kappa shape index (κ2) is 6.99. The fourth-order valence-corrected chi connectivity index (χ4v) is 4.15. The minimum absolute atomic E-state index is 0.0102. The Kier molecular flexibility index (Phi) is 4.30. The van der Waals surface area contributed by atoms with Gasteiger partial charge in [-0.3, -0.25) is 9.69 Å². The molecule has 0 saturated carbocycles. The van der Waals surface area contributed by atoms with Crippen molar-refractivity contribution in [3.05, 3.63) is 53.9 Å². The van der Waals surface area contributed by atoms with Crippen LogP contribution >= 0.6 is 0 Å². The molecule has 0 radical (unpaired) electrons. The van der Waals surface area contributed by atoms with Crippen LogP contribution in [0.1, 0.15) is 48.7 Å². The molecule has 2 aliphatic rings. The van der Waals surface area contributed by atoms with Gasteiger partial charge >= 0.3 is 0 Å². The molecule has 3 aromatic rings. The number of nitrogens with zero attached hydrogens (tertiary/aromatic N) is 6. The van der Waals surface area contributed by atoms with E-state index in [2.05, 4.69) is 41.1 Å². The Bertz CT molecular complexity index is 1070. The molecule has 0 N–H and O–H groups in total. The summed E-state index contributed by atoms with van der Waals surface area (Å²) in [5, 5.41) is 8.26. The average molecular weight is 388 g/mol. The second-order valence-electron chi connectivity index (χ2n) is 7.96. The van der Waals surface area contributed by atoms with Crippen molar-refractivity contribution < 1.29 is 4.79 Å². The lowest BCUT2D eigenvalue weighted by Gasteiger charge is -2.18. The summed E-state index contributed by atoms with van der Waals surface area (Å²) in [5.41, 5.74) is 3.70. The molecule has 148 valence electrons. The summed E-state index contributed by atoms with van der Waals surface area (Å²) in [6.45, 7) is 6.83. The molecule has 1 aromatic carbocycles. The van der Waals surface area contributed by atoms with Gasteiger partial charge in [0.2, 0.25) is 0 Å². The van der Waals surface area contributed by atoms with Gasteiger partial charge in [-0.2, -0.15) is 0 Å². The van der Waals surface area contributed by atoms with Gasteiger partial charge in [-0.15, -0.1) is 10.2 Å². The second-order valence-corrected chi connectivity index (χ2v) is 7.96. The Labute approximate surface area is 170 Å². The predicted molar refractivity (Wildman–Crippen MR) is 112 cm³/mol. The Hall–Kier alpha value is -3.22. The van der Waals surface area contributed by atoms with Gasteiger partial charge in [0.15, 0.2) is 5.82 Å². The minimum Gasteiger partial charge on any atom is -0.372 e. The van der Waals surface area contributed by atoms with E-state index in [4.69, 9.17) is 4.98 Å². The number of carbonyl (C=O) groups is 1. The maximum atomic E-state index is 13.2. The maximum absolute atomic E-state index is 13.2. The third kappa shape index (κ3) is 3.06. The van der Waals surface area contributed by atoms with Crippen molar-refractivity contribution >= 4 is 17.4 Å². The molecule has 29 heavy (non-hydrogen) atoms. The van der Waals surface area contributed by atoms with Crippen molar-refractivity contribution in [2.24, 2.45) is 0 Å². The van der Waals surface area contributed by atoms with Gasteiger partial charge in [0, 0.05) is 30.4 Å². The van der Waals surface area contributed by atoms with Crippen LogP contribution in [0.15, 0.2) is 42.7 Å². The van der Waals surface area contributed by atoms with Crippen LogP contribution < -0.4 is 9.80 Å². The first-order chi connectivity index (χ1) is 14.1. The van der Waals surface area contributed by atoms with E-state index < -0.39 is 0 Å². The molecule has 5 rings (SSSR count). The van der Waals surface area contributed by atoms with E-state index in [-0.39, 0.29) is 11.9 Å². The van der Waals surface area contributed by atoms with Crippen molar-refractivity contribution in [1.29, 1.82) is 0 Å². The van der Waals surface area contributed by atoms with Gasteiger partial charge in [-0.1, -0.05) is 12.1 Å². The number of carbonyl (C=O) groups excluding carboxylic acids is 1. The zero-order chi connectivity index (χ0) is 20.0. The van der Waals surface area contributed by atoms with Crippen LogP contribution in [0.3, 0.4) is 0 Å². The van der Waals surface area contributed by atoms with Crippen LogP contribution in [-0.4, -0.2) is 38.7 Å². The van der Waals surface area contributed by atoms with E-state index >= 15 is 0 Å². The summed E-state index contributed by atoms with van der Waals surface area (Å²) >= 11 is 0. The Balaban J connectivity index is 1.46. The summed E-state index contributed by atoms with van der Waals surface area (Å²) in [7, 11) is 0. The van der Waals surface area contributed by atoms with Crippen LogP contribution in [-0.2, 0) is 6.54 Å². The number of aromatic nitrogens is 4. The number of rotatable bonds is 4. The molecule has 0 aliphatic carbocycles. The van der Waals surface area contributed by atoms with Gasteiger partial charge in [-0.05, 0) is 56.5 Å². The number of hydrogen-bond donors (Lipinski definition) is 0. The summed E-state index contributed by atoms with van der Waals surface area (Å²) in [4.78, 5) is 22.0. The van der Waals surface area contributed by atoms with Crippen LogP contribution in [0.25, 0.3) is 11.5 Å². The third-order valence-electron chi connectivity index (χ3n) is 5.74. The van der Waals surface area contributed by atoms with E-state index in [0.29, 0.717) is 18.2 Å². The molecule has 0 spiro atoms. The molecule has 2 aliphatic heterocycles. The van der Waals surface area contributed by atoms with E-state index in [1.807, 2.05) is 28.8 Å². The maximum Gasteiger partial charge on any atom is 0.260 e. The summed E-state index contributed by atoms with van der Waals surface area (Å²) in [5.74, 6) is 1.36. The van der Waals surface area contributed by atoms with Crippen molar-refractivity contribution in [2.75, 3.05) is 22.9 Å². The van der Waals surface area contributed by atoms with Gasteiger partial charge in [0.05, 0.1) is 6.54 Å². The summed E-state index contributed by atoms with van der Waals surface area (Å²) in [6, 6.07) is 12.2. The molecule has 0 atom stereocenters. The lowest BCUT2D eigenvalue weighted by atomic mass is 10.1. The number of pyridine rings is 1. The van der Waals surface area contributed by atoms with Crippen molar-refractivity contribution in [3.8, 4) is 11.5 Å². The zero-order valence-electron chi connectivity index (χ0n) is 16.7. The highest BCUT2D eigenvalue weighted by Gasteiger charge is 2.30. The van der Waals surface area contributed by atoms with Crippen molar-refractivity contribution in [2.45, 2.75) is 39.3 Å². The topological polar surface area (TPSA) is 67.2 Å². The number of benzene rings is 1. The molecule has 4 heterocycles. The van der Waals surface area contributed by atoms with E-state index in [9.17, 15) is 4.79 Å². The molecule has 7 nitrogen and oxygen atoms in total. The Morgan fingerprint density at radius 3 is 2.69 bits per heavy atom. The van der Waals surface area contributed by atoms with Gasteiger partial charge in [-0.25, -0.2) is 4.98 Å².